The van der Waals surface area contributed by atoms with Crippen molar-refractivity contribution in [3.05, 3.63) is 30.1 Å². The maximum absolute atomic E-state index is 12.7. The van der Waals surface area contributed by atoms with Gasteiger partial charge in [0.15, 0.2) is 0 Å². The fourth-order valence-corrected chi connectivity index (χ4v) is 1.14. The van der Waals surface area contributed by atoms with Crippen LogP contribution in [-0.4, -0.2) is 17.2 Å². The molecule has 0 unspecified atom stereocenters. The van der Waals surface area contributed by atoms with Crippen LogP contribution < -0.4 is 10.6 Å². The monoisotopic (exact) mass is 208 g/mol. The third-order valence-electron chi connectivity index (χ3n) is 1.93. The Morgan fingerprint density at radius 3 is 2.47 bits per heavy atom. The first-order chi connectivity index (χ1) is 7.16. The van der Waals surface area contributed by atoms with Crippen LogP contribution in [0.2, 0.25) is 0 Å². The second-order valence-corrected chi connectivity index (χ2v) is 2.96. The number of aromatic nitrogens is 2. The van der Waals surface area contributed by atoms with Crippen molar-refractivity contribution in [2.75, 3.05) is 17.7 Å². The number of nitrogen functional groups attached to an aromatic ring is 1. The normalized spacial score (nSPS) is 10.3. The standard InChI is InChI=1S/C9H9FN4O/c1-14(9-13-12-8(11)15-9)7-4-2-6(10)3-5-7/h2-5H,1H3,(H2,11,12). The van der Waals surface area contributed by atoms with E-state index in [0.29, 0.717) is 0 Å². The Labute approximate surface area is 85.3 Å². The highest BCUT2D eigenvalue weighted by Gasteiger charge is 2.10. The lowest BCUT2D eigenvalue weighted by Crippen LogP contribution is -2.09. The van der Waals surface area contributed by atoms with Gasteiger partial charge in [-0.15, -0.1) is 0 Å². The highest BCUT2D eigenvalue weighted by Crippen LogP contribution is 2.22. The Kier molecular flexibility index (Phi) is 2.24. The lowest BCUT2D eigenvalue weighted by Gasteiger charge is -2.13. The molecule has 0 saturated heterocycles. The van der Waals surface area contributed by atoms with Crippen molar-refractivity contribution in [3.8, 4) is 0 Å². The van der Waals surface area contributed by atoms with Gasteiger partial charge in [0.1, 0.15) is 5.82 Å². The van der Waals surface area contributed by atoms with E-state index in [0.717, 1.165) is 5.69 Å². The average molecular weight is 208 g/mol. The van der Waals surface area contributed by atoms with Crippen molar-refractivity contribution in [2.45, 2.75) is 0 Å². The molecule has 0 fully saturated rings. The summed E-state index contributed by atoms with van der Waals surface area (Å²) in [5.74, 6) is -0.294. The minimum absolute atomic E-state index is 0.000961. The summed E-state index contributed by atoms with van der Waals surface area (Å²) in [5, 5.41) is 7.23. The zero-order valence-electron chi connectivity index (χ0n) is 8.01. The van der Waals surface area contributed by atoms with E-state index in [9.17, 15) is 4.39 Å². The van der Waals surface area contributed by atoms with Crippen molar-refractivity contribution in [3.63, 3.8) is 0 Å². The molecule has 2 N–H and O–H groups in total. The van der Waals surface area contributed by atoms with Crippen molar-refractivity contribution in [1.29, 1.82) is 0 Å². The van der Waals surface area contributed by atoms with Gasteiger partial charge in [-0.1, -0.05) is 10.2 Å². The molecule has 78 valence electrons. The number of hydrogen-bond donors (Lipinski definition) is 1. The van der Waals surface area contributed by atoms with E-state index < -0.39 is 0 Å². The number of nitrogens with zero attached hydrogens (tertiary/aromatic N) is 3. The minimum Gasteiger partial charge on any atom is -0.389 e. The number of hydrogen-bond acceptors (Lipinski definition) is 5. The van der Waals surface area contributed by atoms with Crippen LogP contribution in [0, 0.1) is 5.82 Å². The second-order valence-electron chi connectivity index (χ2n) is 2.96. The molecule has 1 aromatic heterocycles. The van der Waals surface area contributed by atoms with E-state index in [1.165, 1.54) is 12.1 Å². The van der Waals surface area contributed by atoms with Crippen molar-refractivity contribution in [2.24, 2.45) is 0 Å². The molecular formula is C9H9FN4O. The van der Waals surface area contributed by atoms with E-state index >= 15 is 0 Å². The van der Waals surface area contributed by atoms with Crippen LogP contribution in [0.3, 0.4) is 0 Å². The summed E-state index contributed by atoms with van der Waals surface area (Å²) in [6.45, 7) is 0. The first kappa shape index (κ1) is 9.45. The predicted molar refractivity (Wildman–Crippen MR) is 53.2 cm³/mol. The fraction of sp³-hybridized carbons (Fsp3) is 0.111. The van der Waals surface area contributed by atoms with Crippen LogP contribution in [-0.2, 0) is 0 Å². The molecule has 6 heteroatoms. The van der Waals surface area contributed by atoms with Gasteiger partial charge in [0, 0.05) is 12.7 Å². The van der Waals surface area contributed by atoms with Gasteiger partial charge in [-0.2, -0.15) is 0 Å². The number of benzene rings is 1. The van der Waals surface area contributed by atoms with E-state index in [4.69, 9.17) is 10.2 Å². The maximum Gasteiger partial charge on any atom is 0.323 e. The molecule has 0 saturated carbocycles. The number of anilines is 3. The minimum atomic E-state index is -0.294. The highest BCUT2D eigenvalue weighted by molar-refractivity contribution is 5.54. The molecule has 15 heavy (non-hydrogen) atoms. The molecule has 1 heterocycles. The van der Waals surface area contributed by atoms with Crippen LogP contribution >= 0.6 is 0 Å². The van der Waals surface area contributed by atoms with Crippen LogP contribution in [0.25, 0.3) is 0 Å². The Bertz CT molecular complexity index is 453. The maximum atomic E-state index is 12.7. The van der Waals surface area contributed by atoms with Gasteiger partial charge in [0.25, 0.3) is 0 Å². The van der Waals surface area contributed by atoms with E-state index in [2.05, 4.69) is 10.2 Å². The van der Waals surface area contributed by atoms with Gasteiger partial charge >= 0.3 is 12.0 Å². The average Bonchev–Trinajstić information content (AvgIpc) is 2.65. The predicted octanol–water partition coefficient (Wildman–Crippen LogP) is 1.56. The van der Waals surface area contributed by atoms with E-state index in [-0.39, 0.29) is 17.8 Å². The molecule has 0 atom stereocenters. The lowest BCUT2D eigenvalue weighted by atomic mass is 10.3. The van der Waals surface area contributed by atoms with Gasteiger partial charge in [-0.05, 0) is 24.3 Å². The quantitative estimate of drug-likeness (QED) is 0.811. The van der Waals surface area contributed by atoms with Crippen molar-refractivity contribution < 1.29 is 8.81 Å². The molecule has 1 aromatic carbocycles. The van der Waals surface area contributed by atoms with E-state index in [1.54, 1.807) is 24.1 Å². The lowest BCUT2D eigenvalue weighted by molar-refractivity contribution is 0.576. The van der Waals surface area contributed by atoms with Crippen molar-refractivity contribution in [1.82, 2.24) is 10.2 Å². The van der Waals surface area contributed by atoms with Crippen LogP contribution in [0.4, 0.5) is 22.1 Å². The summed E-state index contributed by atoms with van der Waals surface area (Å²) in [7, 11) is 1.72. The largest absolute Gasteiger partial charge is 0.389 e. The molecule has 0 bridgehead atoms. The molecule has 2 rings (SSSR count). The fourth-order valence-electron chi connectivity index (χ4n) is 1.14. The molecule has 0 radical (unpaired) electrons. The molecule has 0 aliphatic carbocycles. The van der Waals surface area contributed by atoms with Gasteiger partial charge in [-0.25, -0.2) is 4.39 Å². The topological polar surface area (TPSA) is 68.2 Å². The zero-order valence-corrected chi connectivity index (χ0v) is 8.01. The molecule has 5 nitrogen and oxygen atoms in total. The first-order valence-electron chi connectivity index (χ1n) is 4.25. The summed E-state index contributed by atoms with van der Waals surface area (Å²) in [6.07, 6.45) is 0. The van der Waals surface area contributed by atoms with Gasteiger partial charge in [-0.3, -0.25) is 4.90 Å². The van der Waals surface area contributed by atoms with Gasteiger partial charge < -0.3 is 10.2 Å². The third kappa shape index (κ3) is 1.88. The third-order valence-corrected chi connectivity index (χ3v) is 1.93. The molecule has 0 spiro atoms. The summed E-state index contributed by atoms with van der Waals surface area (Å²) in [5.41, 5.74) is 6.03. The zero-order chi connectivity index (χ0) is 10.8. The Balaban J connectivity index is 2.28. The summed E-state index contributed by atoms with van der Waals surface area (Å²) < 4.78 is 17.7. The molecular weight excluding hydrogens is 199 g/mol. The van der Waals surface area contributed by atoms with Crippen molar-refractivity contribution >= 4 is 17.7 Å². The molecule has 0 aliphatic heterocycles. The van der Waals surface area contributed by atoms with Crippen LogP contribution in [0.15, 0.2) is 28.7 Å². The Hall–Kier alpha value is -2.11. The van der Waals surface area contributed by atoms with Gasteiger partial charge in [0.05, 0.1) is 0 Å². The molecule has 0 amide bonds. The summed E-state index contributed by atoms with van der Waals surface area (Å²) in [6, 6.07) is 6.18. The molecule has 0 aliphatic rings. The highest BCUT2D eigenvalue weighted by atomic mass is 19.1. The number of rotatable bonds is 2. The summed E-state index contributed by atoms with van der Waals surface area (Å²) in [4.78, 5) is 1.61. The number of nitrogens with two attached hydrogens (primary N) is 1. The first-order valence-corrected chi connectivity index (χ1v) is 4.25. The molecule has 2 aromatic rings. The van der Waals surface area contributed by atoms with Crippen LogP contribution in [0.5, 0.6) is 0 Å². The summed E-state index contributed by atoms with van der Waals surface area (Å²) >= 11 is 0. The smallest absolute Gasteiger partial charge is 0.323 e. The Morgan fingerprint density at radius 1 is 1.27 bits per heavy atom. The Morgan fingerprint density at radius 2 is 1.93 bits per heavy atom. The second kappa shape index (κ2) is 3.56. The number of halogens is 1. The van der Waals surface area contributed by atoms with E-state index in [1.807, 2.05) is 0 Å². The van der Waals surface area contributed by atoms with Crippen LogP contribution in [0.1, 0.15) is 0 Å². The van der Waals surface area contributed by atoms with Gasteiger partial charge in [0.2, 0.25) is 0 Å². The SMILES string of the molecule is CN(c1ccc(F)cc1)c1nnc(N)o1.